The van der Waals surface area contributed by atoms with E-state index in [1.807, 2.05) is 6.20 Å². The summed E-state index contributed by atoms with van der Waals surface area (Å²) in [7, 11) is 0. The van der Waals surface area contributed by atoms with Gasteiger partial charge in [0.05, 0.1) is 11.5 Å². The first-order valence-corrected chi connectivity index (χ1v) is 6.44. The molecule has 0 spiro atoms. The van der Waals surface area contributed by atoms with Gasteiger partial charge in [-0.1, -0.05) is 6.07 Å². The predicted octanol–water partition coefficient (Wildman–Crippen LogP) is 2.65. The number of nitrogens with zero attached hydrogens (tertiary/aromatic N) is 2. The van der Waals surface area contributed by atoms with E-state index in [1.165, 1.54) is 11.3 Å². The molecular weight excluding hydrogens is 220 g/mol. The summed E-state index contributed by atoms with van der Waals surface area (Å²) >= 11 is 1.74. The van der Waals surface area contributed by atoms with Crippen LogP contribution in [-0.4, -0.2) is 22.8 Å². The van der Waals surface area contributed by atoms with Gasteiger partial charge in [0.15, 0.2) is 0 Å². The maximum atomic E-state index is 5.41. The lowest BCUT2D eigenvalue weighted by Gasteiger charge is -2.10. The molecule has 0 radical (unpaired) electrons. The highest BCUT2D eigenvalue weighted by Gasteiger charge is 2.17. The number of ether oxygens (including phenoxy) is 1. The predicted molar refractivity (Wildman–Crippen MR) is 64.5 cm³/mol. The molecule has 1 saturated heterocycles. The molecule has 0 aromatic carbocycles. The molecule has 16 heavy (non-hydrogen) atoms. The van der Waals surface area contributed by atoms with Crippen molar-refractivity contribution in [3.63, 3.8) is 0 Å². The van der Waals surface area contributed by atoms with Crippen LogP contribution in [0.4, 0.5) is 0 Å². The van der Waals surface area contributed by atoms with Gasteiger partial charge in [-0.05, 0) is 17.9 Å². The standard InChI is InChI=1S/C12H14N2OS/c1-2-11(16-7-1)12-13-4-5-14(12)8-10-3-6-15-9-10/h1-2,4-5,7,10H,3,6,8-9H2/t10-/m0/s1. The quantitative estimate of drug-likeness (QED) is 0.816. The van der Waals surface area contributed by atoms with Gasteiger partial charge >= 0.3 is 0 Å². The van der Waals surface area contributed by atoms with Crippen LogP contribution in [0.5, 0.6) is 0 Å². The Hall–Kier alpha value is -1.13. The summed E-state index contributed by atoms with van der Waals surface area (Å²) in [6, 6.07) is 4.19. The molecule has 3 heterocycles. The minimum Gasteiger partial charge on any atom is -0.381 e. The van der Waals surface area contributed by atoms with Crippen LogP contribution in [0, 0.1) is 5.92 Å². The minimum atomic E-state index is 0.646. The summed E-state index contributed by atoms with van der Waals surface area (Å²) in [6.07, 6.45) is 5.11. The number of aromatic nitrogens is 2. The molecule has 0 saturated carbocycles. The van der Waals surface area contributed by atoms with Crippen molar-refractivity contribution in [2.24, 2.45) is 5.92 Å². The van der Waals surface area contributed by atoms with E-state index in [0.29, 0.717) is 5.92 Å². The average Bonchev–Trinajstić information content (AvgIpc) is 2.98. The van der Waals surface area contributed by atoms with E-state index in [2.05, 4.69) is 33.3 Å². The van der Waals surface area contributed by atoms with Crippen molar-refractivity contribution in [1.29, 1.82) is 0 Å². The molecule has 2 aromatic rings. The Kier molecular flexibility index (Phi) is 2.76. The van der Waals surface area contributed by atoms with E-state index in [1.54, 1.807) is 11.3 Å². The molecule has 1 fully saturated rings. The van der Waals surface area contributed by atoms with Gasteiger partial charge in [-0.15, -0.1) is 11.3 Å². The molecule has 0 amide bonds. The summed E-state index contributed by atoms with van der Waals surface area (Å²) in [6.45, 7) is 2.82. The fourth-order valence-electron chi connectivity index (χ4n) is 2.09. The number of rotatable bonds is 3. The molecule has 1 aliphatic heterocycles. The van der Waals surface area contributed by atoms with Gasteiger partial charge in [0.1, 0.15) is 5.82 Å². The van der Waals surface area contributed by atoms with Gasteiger partial charge in [-0.3, -0.25) is 0 Å². The minimum absolute atomic E-state index is 0.646. The zero-order valence-electron chi connectivity index (χ0n) is 9.00. The van der Waals surface area contributed by atoms with E-state index in [-0.39, 0.29) is 0 Å². The highest BCUT2D eigenvalue weighted by atomic mass is 32.1. The van der Waals surface area contributed by atoms with Crippen molar-refractivity contribution in [1.82, 2.24) is 9.55 Å². The van der Waals surface area contributed by atoms with Gasteiger partial charge in [-0.2, -0.15) is 0 Å². The summed E-state index contributed by atoms with van der Waals surface area (Å²) in [5.41, 5.74) is 0. The molecule has 0 unspecified atom stereocenters. The molecule has 2 aromatic heterocycles. The monoisotopic (exact) mass is 234 g/mol. The van der Waals surface area contributed by atoms with Crippen molar-refractivity contribution < 1.29 is 4.74 Å². The Morgan fingerprint density at radius 3 is 3.31 bits per heavy atom. The van der Waals surface area contributed by atoms with Crippen LogP contribution in [-0.2, 0) is 11.3 Å². The lowest BCUT2D eigenvalue weighted by Crippen LogP contribution is -2.10. The van der Waals surface area contributed by atoms with Crippen LogP contribution in [0.25, 0.3) is 10.7 Å². The molecule has 3 nitrogen and oxygen atoms in total. The zero-order valence-corrected chi connectivity index (χ0v) is 9.82. The van der Waals surface area contributed by atoms with Crippen LogP contribution in [0.2, 0.25) is 0 Å². The average molecular weight is 234 g/mol. The lowest BCUT2D eigenvalue weighted by atomic mass is 10.1. The van der Waals surface area contributed by atoms with Crippen molar-refractivity contribution in [2.75, 3.05) is 13.2 Å². The van der Waals surface area contributed by atoms with Crippen molar-refractivity contribution in [3.05, 3.63) is 29.9 Å². The van der Waals surface area contributed by atoms with Gasteiger partial charge in [0.25, 0.3) is 0 Å². The van der Waals surface area contributed by atoms with E-state index in [0.717, 1.165) is 25.6 Å². The molecule has 0 aliphatic carbocycles. The fraction of sp³-hybridized carbons (Fsp3) is 0.417. The molecule has 1 atom stereocenters. The second-order valence-electron chi connectivity index (χ2n) is 4.11. The van der Waals surface area contributed by atoms with E-state index < -0.39 is 0 Å². The van der Waals surface area contributed by atoms with Crippen molar-refractivity contribution >= 4 is 11.3 Å². The first-order chi connectivity index (χ1) is 7.93. The maximum absolute atomic E-state index is 5.41. The second kappa shape index (κ2) is 4.39. The zero-order chi connectivity index (χ0) is 10.8. The van der Waals surface area contributed by atoms with Crippen LogP contribution >= 0.6 is 11.3 Å². The maximum Gasteiger partial charge on any atom is 0.149 e. The third-order valence-electron chi connectivity index (χ3n) is 2.94. The lowest BCUT2D eigenvalue weighted by molar-refractivity contribution is 0.182. The number of hydrogen-bond donors (Lipinski definition) is 0. The summed E-state index contributed by atoms with van der Waals surface area (Å²) in [4.78, 5) is 5.67. The normalized spacial score (nSPS) is 20.4. The third-order valence-corrected chi connectivity index (χ3v) is 3.80. The van der Waals surface area contributed by atoms with Gasteiger partial charge in [-0.25, -0.2) is 4.98 Å². The SMILES string of the molecule is c1csc(-c2nccn2C[C@@H]2CCOC2)c1. The van der Waals surface area contributed by atoms with Gasteiger partial charge < -0.3 is 9.30 Å². The Labute approximate surface area is 98.7 Å². The molecule has 0 bridgehead atoms. The topological polar surface area (TPSA) is 27.1 Å². The summed E-state index contributed by atoms with van der Waals surface area (Å²) in [5.74, 6) is 1.73. The van der Waals surface area contributed by atoms with Crippen LogP contribution in [0.1, 0.15) is 6.42 Å². The Morgan fingerprint density at radius 2 is 2.56 bits per heavy atom. The smallest absolute Gasteiger partial charge is 0.149 e. The van der Waals surface area contributed by atoms with Crippen LogP contribution in [0.3, 0.4) is 0 Å². The molecular formula is C12H14N2OS. The van der Waals surface area contributed by atoms with Crippen LogP contribution in [0.15, 0.2) is 29.9 Å². The molecule has 0 N–H and O–H groups in total. The van der Waals surface area contributed by atoms with Crippen molar-refractivity contribution in [3.8, 4) is 10.7 Å². The first-order valence-electron chi connectivity index (χ1n) is 5.56. The largest absolute Gasteiger partial charge is 0.381 e. The second-order valence-corrected chi connectivity index (χ2v) is 5.06. The van der Waals surface area contributed by atoms with E-state index in [9.17, 15) is 0 Å². The summed E-state index contributed by atoms with van der Waals surface area (Å²) in [5, 5.41) is 2.09. The van der Waals surface area contributed by atoms with E-state index >= 15 is 0 Å². The number of thiophene rings is 1. The summed E-state index contributed by atoms with van der Waals surface area (Å²) < 4.78 is 7.65. The molecule has 1 aliphatic rings. The third kappa shape index (κ3) is 1.90. The molecule has 84 valence electrons. The fourth-order valence-corrected chi connectivity index (χ4v) is 2.83. The number of hydrogen-bond acceptors (Lipinski definition) is 3. The first kappa shape index (κ1) is 10.1. The van der Waals surface area contributed by atoms with Crippen LogP contribution < -0.4 is 0 Å². The highest BCUT2D eigenvalue weighted by Crippen LogP contribution is 2.24. The van der Waals surface area contributed by atoms with Crippen molar-refractivity contribution in [2.45, 2.75) is 13.0 Å². The van der Waals surface area contributed by atoms with Gasteiger partial charge in [0.2, 0.25) is 0 Å². The Bertz CT molecular complexity index is 443. The molecule has 4 heteroatoms. The highest BCUT2D eigenvalue weighted by molar-refractivity contribution is 7.13. The van der Waals surface area contributed by atoms with Gasteiger partial charge in [0, 0.05) is 31.5 Å². The number of imidazole rings is 1. The molecule has 3 rings (SSSR count). The Morgan fingerprint density at radius 1 is 1.56 bits per heavy atom. The van der Waals surface area contributed by atoms with E-state index in [4.69, 9.17) is 4.74 Å². The Balaban J connectivity index is 1.82.